The third kappa shape index (κ3) is 3.61. The molecule has 1 fully saturated rings. The molecule has 0 aromatic rings. The highest BCUT2D eigenvalue weighted by Crippen LogP contribution is 2.43. The van der Waals surface area contributed by atoms with Crippen molar-refractivity contribution in [2.45, 2.75) is 49.8 Å². The molecule has 3 rings (SSSR count). The predicted octanol–water partition coefficient (Wildman–Crippen LogP) is -2.08. The number of methoxy groups -OCH3 is 1. The maximum Gasteiger partial charge on any atom is 0.337 e. The summed E-state index contributed by atoms with van der Waals surface area (Å²) in [5.74, 6) is -0.925. The molecule has 10 nitrogen and oxygen atoms in total. The molecule has 3 aliphatic rings. The third-order valence-corrected chi connectivity index (χ3v) is 5.18. The molecule has 0 amide bonds. The minimum absolute atomic E-state index is 0.252. The van der Waals surface area contributed by atoms with E-state index in [-0.39, 0.29) is 12.5 Å². The summed E-state index contributed by atoms with van der Waals surface area (Å²) in [7, 11) is 1.25. The number of esters is 1. The van der Waals surface area contributed by atoms with Crippen molar-refractivity contribution in [3.8, 4) is 0 Å². The molecule has 0 saturated carbocycles. The molecule has 0 radical (unpaired) electrons. The molecular formula is C17H24O10. The summed E-state index contributed by atoms with van der Waals surface area (Å²) in [4.78, 5) is 12.0. The lowest BCUT2D eigenvalue weighted by Gasteiger charge is -2.41. The Morgan fingerprint density at radius 3 is 2.59 bits per heavy atom. The van der Waals surface area contributed by atoms with Crippen LogP contribution in [-0.4, -0.2) is 88.8 Å². The van der Waals surface area contributed by atoms with E-state index < -0.39 is 49.6 Å². The predicted molar refractivity (Wildman–Crippen MR) is 86.7 cm³/mol. The fourth-order valence-electron chi connectivity index (χ4n) is 3.69. The Bertz CT molecular complexity index is 627. The quantitative estimate of drug-likeness (QED) is 0.262. The highest BCUT2D eigenvalue weighted by molar-refractivity contribution is 5.89. The van der Waals surface area contributed by atoms with Crippen LogP contribution in [0, 0.1) is 5.92 Å². The van der Waals surface area contributed by atoms with E-state index in [1.54, 1.807) is 0 Å². The van der Waals surface area contributed by atoms with Crippen molar-refractivity contribution in [2.24, 2.45) is 5.92 Å². The number of hydrogen-bond acceptors (Lipinski definition) is 10. The van der Waals surface area contributed by atoms with Gasteiger partial charge in [-0.15, -0.1) is 0 Å². The van der Waals surface area contributed by atoms with Gasteiger partial charge in [-0.1, -0.05) is 0 Å². The molecule has 10 heteroatoms. The van der Waals surface area contributed by atoms with E-state index in [0.717, 1.165) is 0 Å². The molecule has 2 aliphatic heterocycles. The number of hydrogen-bond donors (Lipinski definition) is 5. The summed E-state index contributed by atoms with van der Waals surface area (Å²) < 4.78 is 21.2. The fourth-order valence-corrected chi connectivity index (χ4v) is 3.69. The second-order valence-corrected chi connectivity index (χ2v) is 6.67. The molecule has 2 heterocycles. The zero-order valence-electron chi connectivity index (χ0n) is 14.7. The van der Waals surface area contributed by atoms with Crippen molar-refractivity contribution in [2.75, 3.05) is 20.3 Å². The number of ether oxygens (including phenoxy) is 4. The number of carbonyl (C=O) groups is 1. The zero-order chi connectivity index (χ0) is 19.7. The molecule has 152 valence electrons. The summed E-state index contributed by atoms with van der Waals surface area (Å²) in [5.41, 5.74) is 1.48. The Balaban J connectivity index is 1.84. The van der Waals surface area contributed by atoms with Gasteiger partial charge in [-0.25, -0.2) is 4.79 Å². The smallest absolute Gasteiger partial charge is 0.337 e. The van der Waals surface area contributed by atoms with Gasteiger partial charge < -0.3 is 44.5 Å². The summed E-state index contributed by atoms with van der Waals surface area (Å²) in [6.45, 7) is -0.839. The molecule has 0 aromatic heterocycles. The largest absolute Gasteiger partial charge is 0.468 e. The SMILES string of the molecule is COC(=O)C1=CO[C@@H](O[C@@H]2O[C@H](CO)[C@@H](O)[C@H](O)[C@H]2O)C2=C(CO)CCC12. The van der Waals surface area contributed by atoms with Crippen molar-refractivity contribution in [1.82, 2.24) is 0 Å². The first kappa shape index (κ1) is 20.2. The number of carbonyl (C=O) groups excluding carboxylic acids is 1. The lowest BCUT2D eigenvalue weighted by molar-refractivity contribution is -0.327. The van der Waals surface area contributed by atoms with Crippen LogP contribution in [0.1, 0.15) is 12.8 Å². The molecule has 5 N–H and O–H groups in total. The topological polar surface area (TPSA) is 155 Å². The maximum atomic E-state index is 12.0. The minimum Gasteiger partial charge on any atom is -0.468 e. The zero-order valence-corrected chi connectivity index (χ0v) is 14.7. The first-order valence-corrected chi connectivity index (χ1v) is 8.65. The van der Waals surface area contributed by atoms with E-state index in [9.17, 15) is 30.3 Å². The van der Waals surface area contributed by atoms with Gasteiger partial charge in [0.05, 0.1) is 32.2 Å². The maximum absolute atomic E-state index is 12.0. The molecule has 0 bridgehead atoms. The van der Waals surface area contributed by atoms with Crippen LogP contribution in [0.15, 0.2) is 23.0 Å². The van der Waals surface area contributed by atoms with Crippen LogP contribution >= 0.6 is 0 Å². The van der Waals surface area contributed by atoms with Gasteiger partial charge in [0, 0.05) is 11.5 Å². The molecule has 0 spiro atoms. The van der Waals surface area contributed by atoms with Crippen molar-refractivity contribution < 1.29 is 49.3 Å². The summed E-state index contributed by atoms with van der Waals surface area (Å²) in [6.07, 6.45) is -5.96. The van der Waals surface area contributed by atoms with Crippen LogP contribution < -0.4 is 0 Å². The van der Waals surface area contributed by atoms with Gasteiger partial charge in [-0.2, -0.15) is 0 Å². The van der Waals surface area contributed by atoms with Crippen molar-refractivity contribution in [3.05, 3.63) is 23.0 Å². The molecular weight excluding hydrogens is 364 g/mol. The Kier molecular flexibility index (Phi) is 6.16. The number of fused-ring (bicyclic) bond motifs is 1. The summed E-state index contributed by atoms with van der Waals surface area (Å²) >= 11 is 0. The van der Waals surface area contributed by atoms with Crippen LogP contribution in [0.25, 0.3) is 0 Å². The third-order valence-electron chi connectivity index (χ3n) is 5.18. The van der Waals surface area contributed by atoms with Crippen LogP contribution in [-0.2, 0) is 23.7 Å². The number of aliphatic hydroxyl groups is 5. The van der Waals surface area contributed by atoms with Crippen molar-refractivity contribution in [1.29, 1.82) is 0 Å². The molecule has 0 aromatic carbocycles. The highest BCUT2D eigenvalue weighted by Gasteiger charge is 2.47. The first-order chi connectivity index (χ1) is 12.9. The van der Waals surface area contributed by atoms with E-state index in [1.165, 1.54) is 13.4 Å². The van der Waals surface area contributed by atoms with E-state index >= 15 is 0 Å². The Morgan fingerprint density at radius 1 is 1.22 bits per heavy atom. The molecule has 1 saturated heterocycles. The Labute approximate surface area is 155 Å². The monoisotopic (exact) mass is 388 g/mol. The Morgan fingerprint density at radius 2 is 1.96 bits per heavy atom. The van der Waals surface area contributed by atoms with E-state index in [1.807, 2.05) is 0 Å². The lowest BCUT2D eigenvalue weighted by atomic mass is 9.90. The van der Waals surface area contributed by atoms with Gasteiger partial charge in [0.1, 0.15) is 24.4 Å². The molecule has 7 atom stereocenters. The average molecular weight is 388 g/mol. The molecule has 27 heavy (non-hydrogen) atoms. The molecule has 1 unspecified atom stereocenters. The van der Waals surface area contributed by atoms with Crippen LogP contribution in [0.3, 0.4) is 0 Å². The van der Waals surface area contributed by atoms with Crippen LogP contribution in [0.4, 0.5) is 0 Å². The number of aliphatic hydroxyl groups excluding tert-OH is 5. The van der Waals surface area contributed by atoms with Gasteiger partial charge >= 0.3 is 5.97 Å². The summed E-state index contributed by atoms with van der Waals surface area (Å²) in [6, 6.07) is 0. The van der Waals surface area contributed by atoms with Gasteiger partial charge in [0.25, 0.3) is 0 Å². The minimum atomic E-state index is -1.59. The normalized spacial score (nSPS) is 38.9. The fraction of sp³-hybridized carbons (Fsp3) is 0.706. The van der Waals surface area contributed by atoms with Gasteiger partial charge in [-0.05, 0) is 18.4 Å². The summed E-state index contributed by atoms with van der Waals surface area (Å²) in [5, 5.41) is 48.8. The van der Waals surface area contributed by atoms with Crippen molar-refractivity contribution in [3.63, 3.8) is 0 Å². The highest BCUT2D eigenvalue weighted by atomic mass is 16.8. The van der Waals surface area contributed by atoms with Gasteiger partial charge in [0.15, 0.2) is 6.29 Å². The van der Waals surface area contributed by atoms with Gasteiger partial charge in [-0.3, -0.25) is 0 Å². The van der Waals surface area contributed by atoms with Crippen LogP contribution in [0.5, 0.6) is 0 Å². The molecule has 1 aliphatic carbocycles. The van der Waals surface area contributed by atoms with E-state index in [2.05, 4.69) is 0 Å². The number of rotatable bonds is 5. The Hall–Kier alpha value is -1.53. The van der Waals surface area contributed by atoms with Crippen molar-refractivity contribution >= 4 is 5.97 Å². The first-order valence-electron chi connectivity index (χ1n) is 8.65. The second kappa shape index (κ2) is 8.23. The second-order valence-electron chi connectivity index (χ2n) is 6.67. The van der Waals surface area contributed by atoms with Gasteiger partial charge in [0.2, 0.25) is 6.29 Å². The standard InChI is InChI=1S/C17H24O10/c1-24-15(23)9-6-25-16(11-7(4-18)2-3-8(9)11)27-17-14(22)13(21)12(20)10(5-19)26-17/h6,8,10,12-14,16-22H,2-5H2,1H3/t8?,10-,12-,13+,14-,16+,17+/m1/s1. The van der Waals surface area contributed by atoms with Crippen LogP contribution in [0.2, 0.25) is 0 Å². The van der Waals surface area contributed by atoms with E-state index in [4.69, 9.17) is 18.9 Å². The van der Waals surface area contributed by atoms with E-state index in [0.29, 0.717) is 29.6 Å². The lowest BCUT2D eigenvalue weighted by Crippen LogP contribution is -2.60. The average Bonchev–Trinajstić information content (AvgIpc) is 3.12.